The first kappa shape index (κ1) is 12.7. The number of pyridine rings is 1. The van der Waals surface area contributed by atoms with Crippen molar-refractivity contribution >= 4 is 5.91 Å². The van der Waals surface area contributed by atoms with Crippen molar-refractivity contribution in [3.63, 3.8) is 0 Å². The molecule has 1 aromatic heterocycles. The number of H-pyrrole nitrogens is 1. The zero-order valence-electron chi connectivity index (χ0n) is 11.2. The minimum Gasteiger partial charge on any atom is -0.364 e. The van der Waals surface area contributed by atoms with Crippen LogP contribution in [0.2, 0.25) is 0 Å². The largest absolute Gasteiger partial charge is 0.364 e. The van der Waals surface area contributed by atoms with Gasteiger partial charge in [-0.3, -0.25) is 9.59 Å². The smallest absolute Gasteiger partial charge is 0.256 e. The van der Waals surface area contributed by atoms with Crippen LogP contribution in [0.1, 0.15) is 34.0 Å². The van der Waals surface area contributed by atoms with E-state index in [4.69, 9.17) is 0 Å². The van der Waals surface area contributed by atoms with Gasteiger partial charge in [-0.25, -0.2) is 0 Å². The summed E-state index contributed by atoms with van der Waals surface area (Å²) in [5, 5.41) is 2.92. The Labute approximate surface area is 116 Å². The van der Waals surface area contributed by atoms with Gasteiger partial charge in [0.05, 0.1) is 0 Å². The molecular formula is C16H16N2O2. The Balaban J connectivity index is 1.68. The summed E-state index contributed by atoms with van der Waals surface area (Å²) >= 11 is 0. The SMILES string of the molecule is Cc1cc(=O)c(C(=O)NC2CC2c2ccccc2)c[nH]1. The number of hydrogen-bond acceptors (Lipinski definition) is 2. The Morgan fingerprint density at radius 1 is 1.30 bits per heavy atom. The molecule has 2 aromatic rings. The zero-order valence-corrected chi connectivity index (χ0v) is 11.2. The van der Waals surface area contributed by atoms with Crippen LogP contribution < -0.4 is 10.7 Å². The van der Waals surface area contributed by atoms with Crippen LogP contribution in [-0.2, 0) is 0 Å². The molecule has 20 heavy (non-hydrogen) atoms. The van der Waals surface area contributed by atoms with Crippen LogP contribution in [0.3, 0.4) is 0 Å². The maximum atomic E-state index is 12.1. The lowest BCUT2D eigenvalue weighted by atomic mass is 10.1. The number of rotatable bonds is 3. The molecule has 3 rings (SSSR count). The van der Waals surface area contributed by atoms with Gasteiger partial charge >= 0.3 is 0 Å². The number of aromatic amines is 1. The van der Waals surface area contributed by atoms with E-state index in [1.54, 1.807) is 6.92 Å². The summed E-state index contributed by atoms with van der Waals surface area (Å²) in [6.07, 6.45) is 2.41. The molecular weight excluding hydrogens is 252 g/mol. The molecule has 1 heterocycles. The Bertz CT molecular complexity index is 691. The van der Waals surface area contributed by atoms with E-state index in [0.717, 1.165) is 12.1 Å². The van der Waals surface area contributed by atoms with Crippen LogP contribution in [-0.4, -0.2) is 16.9 Å². The summed E-state index contributed by atoms with van der Waals surface area (Å²) in [6, 6.07) is 11.7. The average molecular weight is 268 g/mol. The molecule has 1 fully saturated rings. The first-order chi connectivity index (χ1) is 9.65. The molecule has 0 radical (unpaired) electrons. The van der Waals surface area contributed by atoms with Gasteiger partial charge in [-0.2, -0.15) is 0 Å². The van der Waals surface area contributed by atoms with Crippen molar-refractivity contribution in [2.24, 2.45) is 0 Å². The number of aromatic nitrogens is 1. The van der Waals surface area contributed by atoms with Gasteiger partial charge in [0, 0.05) is 29.9 Å². The third-order valence-corrected chi connectivity index (χ3v) is 3.64. The molecule has 0 saturated heterocycles. The lowest BCUT2D eigenvalue weighted by molar-refractivity contribution is 0.0949. The van der Waals surface area contributed by atoms with E-state index < -0.39 is 0 Å². The lowest BCUT2D eigenvalue weighted by Gasteiger charge is -2.05. The second-order valence-electron chi connectivity index (χ2n) is 5.23. The highest BCUT2D eigenvalue weighted by Gasteiger charge is 2.39. The van der Waals surface area contributed by atoms with Crippen molar-refractivity contribution in [1.29, 1.82) is 0 Å². The molecule has 1 saturated carbocycles. The number of hydrogen-bond donors (Lipinski definition) is 2. The highest BCUT2D eigenvalue weighted by Crippen LogP contribution is 2.40. The topological polar surface area (TPSA) is 62.0 Å². The maximum Gasteiger partial charge on any atom is 0.256 e. The van der Waals surface area contributed by atoms with E-state index in [1.165, 1.54) is 17.8 Å². The Kier molecular flexibility index (Phi) is 3.14. The molecule has 1 aliphatic carbocycles. The van der Waals surface area contributed by atoms with Gasteiger partial charge in [0.15, 0.2) is 5.43 Å². The molecule has 1 amide bonds. The van der Waals surface area contributed by atoms with Crippen LogP contribution in [0.5, 0.6) is 0 Å². The molecule has 4 nitrogen and oxygen atoms in total. The van der Waals surface area contributed by atoms with Crippen LogP contribution in [0, 0.1) is 6.92 Å². The van der Waals surface area contributed by atoms with Crippen molar-refractivity contribution in [3.8, 4) is 0 Å². The average Bonchev–Trinajstić information content (AvgIpc) is 3.18. The third-order valence-electron chi connectivity index (χ3n) is 3.64. The molecule has 0 bridgehead atoms. The molecule has 0 spiro atoms. The van der Waals surface area contributed by atoms with Gasteiger partial charge < -0.3 is 10.3 Å². The lowest BCUT2D eigenvalue weighted by Crippen LogP contribution is -2.31. The quantitative estimate of drug-likeness (QED) is 0.894. The summed E-state index contributed by atoms with van der Waals surface area (Å²) in [5.41, 5.74) is 1.92. The predicted molar refractivity (Wildman–Crippen MR) is 76.9 cm³/mol. The third kappa shape index (κ3) is 2.50. The summed E-state index contributed by atoms with van der Waals surface area (Å²) in [5.74, 6) is 0.0689. The van der Waals surface area contributed by atoms with E-state index in [2.05, 4.69) is 22.4 Å². The van der Waals surface area contributed by atoms with Gasteiger partial charge in [-0.05, 0) is 18.9 Å². The Morgan fingerprint density at radius 3 is 2.75 bits per heavy atom. The fourth-order valence-electron chi connectivity index (χ4n) is 2.42. The number of benzene rings is 1. The van der Waals surface area contributed by atoms with Gasteiger partial charge in [-0.15, -0.1) is 0 Å². The number of aryl methyl sites for hydroxylation is 1. The normalized spacial score (nSPS) is 20.4. The van der Waals surface area contributed by atoms with Crippen LogP contribution in [0.15, 0.2) is 47.4 Å². The van der Waals surface area contributed by atoms with Crippen molar-refractivity contribution in [2.45, 2.75) is 25.3 Å². The minimum absolute atomic E-state index is 0.130. The van der Waals surface area contributed by atoms with Gasteiger partial charge in [0.2, 0.25) is 0 Å². The molecule has 1 aliphatic rings. The maximum absolute atomic E-state index is 12.1. The summed E-state index contributed by atoms with van der Waals surface area (Å²) in [4.78, 5) is 26.7. The van der Waals surface area contributed by atoms with Gasteiger partial charge in [-0.1, -0.05) is 30.3 Å². The van der Waals surface area contributed by atoms with E-state index in [9.17, 15) is 9.59 Å². The molecule has 4 heteroatoms. The van der Waals surface area contributed by atoms with E-state index in [1.807, 2.05) is 18.2 Å². The Hall–Kier alpha value is -2.36. The summed E-state index contributed by atoms with van der Waals surface area (Å²) in [7, 11) is 0. The highest BCUT2D eigenvalue weighted by atomic mass is 16.2. The van der Waals surface area contributed by atoms with Crippen LogP contribution in [0.25, 0.3) is 0 Å². The van der Waals surface area contributed by atoms with E-state index in [0.29, 0.717) is 5.92 Å². The standard InChI is InChI=1S/C16H16N2O2/c1-10-7-15(19)13(9-17-10)16(20)18-14-8-12(14)11-5-3-2-4-6-11/h2-7,9,12,14H,8H2,1H3,(H,17,19)(H,18,20). The van der Waals surface area contributed by atoms with Crippen molar-refractivity contribution < 1.29 is 4.79 Å². The predicted octanol–water partition coefficient (Wildman–Crippen LogP) is 1.97. The highest BCUT2D eigenvalue weighted by molar-refractivity contribution is 5.94. The second-order valence-corrected chi connectivity index (χ2v) is 5.23. The number of carbonyl (C=O) groups is 1. The number of nitrogens with one attached hydrogen (secondary N) is 2. The summed E-state index contributed by atoms with van der Waals surface area (Å²) < 4.78 is 0. The molecule has 2 N–H and O–H groups in total. The van der Waals surface area contributed by atoms with E-state index >= 15 is 0 Å². The monoisotopic (exact) mass is 268 g/mol. The van der Waals surface area contributed by atoms with Gasteiger partial charge in [0.25, 0.3) is 5.91 Å². The van der Waals surface area contributed by atoms with Crippen molar-refractivity contribution in [2.75, 3.05) is 0 Å². The molecule has 2 unspecified atom stereocenters. The van der Waals surface area contributed by atoms with Crippen molar-refractivity contribution in [3.05, 3.63) is 69.6 Å². The minimum atomic E-state index is -0.297. The second kappa shape index (κ2) is 4.96. The zero-order chi connectivity index (χ0) is 14.1. The molecule has 0 aliphatic heterocycles. The molecule has 102 valence electrons. The van der Waals surface area contributed by atoms with E-state index in [-0.39, 0.29) is 22.9 Å². The number of carbonyl (C=O) groups excluding carboxylic acids is 1. The Morgan fingerprint density at radius 2 is 2.05 bits per heavy atom. The van der Waals surface area contributed by atoms with Crippen molar-refractivity contribution in [1.82, 2.24) is 10.3 Å². The first-order valence-corrected chi connectivity index (χ1v) is 6.70. The summed E-state index contributed by atoms with van der Waals surface area (Å²) in [6.45, 7) is 1.79. The van der Waals surface area contributed by atoms with Crippen LogP contribution >= 0.6 is 0 Å². The fourth-order valence-corrected chi connectivity index (χ4v) is 2.42. The van der Waals surface area contributed by atoms with Crippen LogP contribution in [0.4, 0.5) is 0 Å². The first-order valence-electron chi connectivity index (χ1n) is 6.70. The number of amides is 1. The molecule has 2 atom stereocenters. The molecule has 1 aromatic carbocycles. The fraction of sp³-hybridized carbons (Fsp3) is 0.250. The van der Waals surface area contributed by atoms with Gasteiger partial charge in [0.1, 0.15) is 5.56 Å².